The standard InChI is InChI=1S/C19H32N2O2/c1-14(2)12-16-17(19(16,3)4)18(22)21-9-7-20(8-10-21)13-15-6-5-11-23-15/h12,15-17H,5-11,13H2,1-4H3. The highest BCUT2D eigenvalue weighted by Gasteiger charge is 2.61. The van der Waals surface area contributed by atoms with Crippen molar-refractivity contribution in [2.24, 2.45) is 17.3 Å². The molecule has 3 aliphatic rings. The van der Waals surface area contributed by atoms with Gasteiger partial charge >= 0.3 is 0 Å². The fourth-order valence-corrected chi connectivity index (χ4v) is 4.24. The van der Waals surface area contributed by atoms with Crippen molar-refractivity contribution in [2.45, 2.75) is 46.6 Å². The first-order valence-corrected chi connectivity index (χ1v) is 9.17. The molecule has 4 heteroatoms. The minimum absolute atomic E-state index is 0.128. The maximum absolute atomic E-state index is 12.9. The molecule has 1 aliphatic carbocycles. The van der Waals surface area contributed by atoms with Crippen molar-refractivity contribution in [3.05, 3.63) is 11.6 Å². The van der Waals surface area contributed by atoms with E-state index in [9.17, 15) is 4.79 Å². The number of carbonyl (C=O) groups excluding carboxylic acids is 1. The van der Waals surface area contributed by atoms with Crippen molar-refractivity contribution < 1.29 is 9.53 Å². The van der Waals surface area contributed by atoms with Crippen LogP contribution in [-0.4, -0.2) is 61.1 Å². The number of rotatable bonds is 4. The average molecular weight is 320 g/mol. The Hall–Kier alpha value is -0.870. The van der Waals surface area contributed by atoms with E-state index < -0.39 is 0 Å². The maximum Gasteiger partial charge on any atom is 0.226 e. The zero-order valence-corrected chi connectivity index (χ0v) is 15.2. The molecule has 0 N–H and O–H groups in total. The highest BCUT2D eigenvalue weighted by atomic mass is 16.5. The van der Waals surface area contributed by atoms with Crippen LogP contribution >= 0.6 is 0 Å². The minimum atomic E-state index is 0.128. The van der Waals surface area contributed by atoms with Gasteiger partial charge in [0.25, 0.3) is 0 Å². The first kappa shape index (κ1) is 17.0. The van der Waals surface area contributed by atoms with Gasteiger partial charge < -0.3 is 9.64 Å². The number of carbonyl (C=O) groups is 1. The van der Waals surface area contributed by atoms with Crippen LogP contribution in [0.4, 0.5) is 0 Å². The van der Waals surface area contributed by atoms with Gasteiger partial charge in [-0.3, -0.25) is 9.69 Å². The molecule has 0 aromatic carbocycles. The van der Waals surface area contributed by atoms with E-state index in [1.165, 1.54) is 18.4 Å². The molecule has 2 saturated heterocycles. The van der Waals surface area contributed by atoms with Gasteiger partial charge in [0.2, 0.25) is 5.91 Å². The molecule has 3 atom stereocenters. The van der Waals surface area contributed by atoms with Crippen molar-refractivity contribution in [3.63, 3.8) is 0 Å². The van der Waals surface area contributed by atoms with E-state index in [-0.39, 0.29) is 11.3 Å². The van der Waals surface area contributed by atoms with Gasteiger partial charge in [0.15, 0.2) is 0 Å². The predicted octanol–water partition coefficient (Wildman–Crippen LogP) is 2.55. The Balaban J connectivity index is 1.49. The van der Waals surface area contributed by atoms with Crippen LogP contribution in [0, 0.1) is 17.3 Å². The summed E-state index contributed by atoms with van der Waals surface area (Å²) in [4.78, 5) is 17.4. The van der Waals surface area contributed by atoms with E-state index in [0.717, 1.165) is 39.3 Å². The Bertz CT molecular complexity index is 468. The van der Waals surface area contributed by atoms with Gasteiger partial charge in [0, 0.05) is 39.3 Å². The molecule has 23 heavy (non-hydrogen) atoms. The van der Waals surface area contributed by atoms with Crippen molar-refractivity contribution in [1.82, 2.24) is 9.80 Å². The largest absolute Gasteiger partial charge is 0.377 e. The first-order valence-electron chi connectivity index (χ1n) is 9.17. The molecule has 0 spiro atoms. The summed E-state index contributed by atoms with van der Waals surface area (Å²) in [6.45, 7) is 14.4. The molecule has 1 amide bonds. The highest BCUT2D eigenvalue weighted by molar-refractivity contribution is 5.84. The number of piperazine rings is 1. The van der Waals surface area contributed by atoms with Crippen LogP contribution in [-0.2, 0) is 9.53 Å². The summed E-state index contributed by atoms with van der Waals surface area (Å²) < 4.78 is 5.73. The molecule has 2 aliphatic heterocycles. The number of ether oxygens (including phenoxy) is 1. The molecule has 0 aromatic rings. The second kappa shape index (κ2) is 6.56. The Morgan fingerprint density at radius 1 is 1.22 bits per heavy atom. The van der Waals surface area contributed by atoms with E-state index in [2.05, 4.69) is 43.6 Å². The van der Waals surface area contributed by atoms with Gasteiger partial charge in [-0.2, -0.15) is 0 Å². The molecule has 0 aromatic heterocycles. The molecule has 0 bridgehead atoms. The number of hydrogen-bond acceptors (Lipinski definition) is 3. The number of hydrogen-bond donors (Lipinski definition) is 0. The number of nitrogens with zero attached hydrogens (tertiary/aromatic N) is 2. The Morgan fingerprint density at radius 2 is 1.91 bits per heavy atom. The molecule has 3 unspecified atom stereocenters. The molecule has 1 saturated carbocycles. The van der Waals surface area contributed by atoms with Crippen molar-refractivity contribution >= 4 is 5.91 Å². The summed E-state index contributed by atoms with van der Waals surface area (Å²) in [5.41, 5.74) is 1.45. The predicted molar refractivity (Wildman–Crippen MR) is 92.2 cm³/mol. The van der Waals surface area contributed by atoms with Crippen molar-refractivity contribution in [3.8, 4) is 0 Å². The van der Waals surface area contributed by atoms with Crippen LogP contribution in [0.2, 0.25) is 0 Å². The average Bonchev–Trinajstić information content (AvgIpc) is 2.86. The minimum Gasteiger partial charge on any atom is -0.377 e. The van der Waals surface area contributed by atoms with Gasteiger partial charge in [-0.15, -0.1) is 0 Å². The molecule has 4 nitrogen and oxygen atoms in total. The highest BCUT2D eigenvalue weighted by Crippen LogP contribution is 2.60. The lowest BCUT2D eigenvalue weighted by atomic mass is 10.1. The van der Waals surface area contributed by atoms with Gasteiger partial charge in [0.1, 0.15) is 0 Å². The summed E-state index contributed by atoms with van der Waals surface area (Å²) in [7, 11) is 0. The Labute approximate surface area is 140 Å². The third kappa shape index (κ3) is 3.63. The lowest BCUT2D eigenvalue weighted by Gasteiger charge is -2.36. The van der Waals surface area contributed by atoms with E-state index in [1.807, 2.05) is 0 Å². The van der Waals surface area contributed by atoms with Crippen LogP contribution in [0.3, 0.4) is 0 Å². The Kier molecular flexibility index (Phi) is 4.84. The first-order chi connectivity index (χ1) is 10.9. The number of amides is 1. The summed E-state index contributed by atoms with van der Waals surface area (Å²) in [5, 5.41) is 0. The smallest absolute Gasteiger partial charge is 0.226 e. The molecular formula is C19H32N2O2. The molecule has 0 radical (unpaired) electrons. The zero-order valence-electron chi connectivity index (χ0n) is 15.2. The van der Waals surface area contributed by atoms with Crippen LogP contribution in [0.25, 0.3) is 0 Å². The second-order valence-electron chi connectivity index (χ2n) is 8.33. The second-order valence-corrected chi connectivity index (χ2v) is 8.33. The van der Waals surface area contributed by atoms with Crippen LogP contribution in [0.15, 0.2) is 11.6 Å². The zero-order chi connectivity index (χ0) is 16.6. The summed E-state index contributed by atoms with van der Waals surface area (Å²) in [6.07, 6.45) is 5.10. The maximum atomic E-state index is 12.9. The van der Waals surface area contributed by atoms with Crippen LogP contribution < -0.4 is 0 Å². The van der Waals surface area contributed by atoms with Crippen LogP contribution in [0.1, 0.15) is 40.5 Å². The monoisotopic (exact) mass is 320 g/mol. The fourth-order valence-electron chi connectivity index (χ4n) is 4.24. The van der Waals surface area contributed by atoms with E-state index in [1.54, 1.807) is 0 Å². The van der Waals surface area contributed by atoms with Gasteiger partial charge in [0.05, 0.1) is 12.0 Å². The lowest BCUT2D eigenvalue weighted by molar-refractivity contribution is -0.135. The van der Waals surface area contributed by atoms with Crippen molar-refractivity contribution in [2.75, 3.05) is 39.3 Å². The topological polar surface area (TPSA) is 32.8 Å². The van der Waals surface area contributed by atoms with Gasteiger partial charge in [-0.05, 0) is 38.0 Å². The van der Waals surface area contributed by atoms with Crippen molar-refractivity contribution in [1.29, 1.82) is 0 Å². The van der Waals surface area contributed by atoms with Gasteiger partial charge in [-0.25, -0.2) is 0 Å². The van der Waals surface area contributed by atoms with Crippen LogP contribution in [0.5, 0.6) is 0 Å². The Morgan fingerprint density at radius 3 is 2.48 bits per heavy atom. The number of allylic oxidation sites excluding steroid dienone is 2. The molecule has 3 fully saturated rings. The van der Waals surface area contributed by atoms with E-state index in [0.29, 0.717) is 17.9 Å². The van der Waals surface area contributed by atoms with E-state index in [4.69, 9.17) is 4.74 Å². The van der Waals surface area contributed by atoms with Gasteiger partial charge in [-0.1, -0.05) is 25.5 Å². The summed E-state index contributed by atoms with van der Waals surface area (Å²) >= 11 is 0. The van der Waals surface area contributed by atoms with E-state index >= 15 is 0 Å². The fraction of sp³-hybridized carbons (Fsp3) is 0.842. The SMILES string of the molecule is CC(C)=CC1C(C(=O)N2CCN(CC3CCCO3)CC2)C1(C)C. The third-order valence-corrected chi connectivity index (χ3v) is 5.86. The summed E-state index contributed by atoms with van der Waals surface area (Å²) in [6, 6.07) is 0. The quantitative estimate of drug-likeness (QED) is 0.746. The molecule has 130 valence electrons. The third-order valence-electron chi connectivity index (χ3n) is 5.86. The molecule has 2 heterocycles. The lowest BCUT2D eigenvalue weighted by Crippen LogP contribution is -2.51. The molecule has 3 rings (SSSR count). The summed E-state index contributed by atoms with van der Waals surface area (Å²) in [5.74, 6) is 0.973. The normalized spacial score (nSPS) is 33.6. The molecular weight excluding hydrogens is 288 g/mol.